The fourth-order valence-corrected chi connectivity index (χ4v) is 2.24. The number of carboxylic acids is 1. The lowest BCUT2D eigenvalue weighted by atomic mass is 9.88. The maximum atomic E-state index is 11.4. The van der Waals surface area contributed by atoms with E-state index in [0.29, 0.717) is 17.3 Å². The highest BCUT2D eigenvalue weighted by atomic mass is 79.9. The number of tetrazole rings is 1. The molecular weight excluding hydrogens is 360 g/mol. The SMILES string of the molecule is CCC(C)(Cn1nnnc1-c1ccc(Br)c(Cl)c1)C(=O)O. The molecular formula is C13H14BrClN4O2. The summed E-state index contributed by atoms with van der Waals surface area (Å²) in [6.07, 6.45) is 0.475. The van der Waals surface area contributed by atoms with E-state index in [1.54, 1.807) is 19.1 Å². The van der Waals surface area contributed by atoms with Gasteiger partial charge in [-0.2, -0.15) is 0 Å². The standard InChI is InChI=1S/C13H14BrClN4O2/c1-3-13(2,12(20)21)7-19-11(16-17-18-19)8-4-5-9(14)10(15)6-8/h4-6H,3,7H2,1-2H3,(H,20,21). The van der Waals surface area contributed by atoms with Crippen LogP contribution in [0, 0.1) is 5.41 Å². The van der Waals surface area contributed by atoms with Crippen LogP contribution in [0.5, 0.6) is 0 Å². The zero-order valence-electron chi connectivity index (χ0n) is 11.5. The van der Waals surface area contributed by atoms with Crippen LogP contribution in [0.15, 0.2) is 22.7 Å². The second-order valence-corrected chi connectivity index (χ2v) is 6.27. The summed E-state index contributed by atoms with van der Waals surface area (Å²) < 4.78 is 2.27. The van der Waals surface area contributed by atoms with Crippen molar-refractivity contribution in [3.63, 3.8) is 0 Å². The molecule has 1 aromatic carbocycles. The molecule has 2 aromatic rings. The number of benzene rings is 1. The fraction of sp³-hybridized carbons (Fsp3) is 0.385. The summed E-state index contributed by atoms with van der Waals surface area (Å²) in [4.78, 5) is 11.4. The first-order valence-electron chi connectivity index (χ1n) is 6.32. The Morgan fingerprint density at radius 1 is 1.52 bits per heavy atom. The molecule has 0 aliphatic rings. The van der Waals surface area contributed by atoms with Crippen LogP contribution in [0.1, 0.15) is 20.3 Å². The highest BCUT2D eigenvalue weighted by molar-refractivity contribution is 9.10. The minimum atomic E-state index is -0.927. The van der Waals surface area contributed by atoms with E-state index in [0.717, 1.165) is 10.0 Å². The number of hydrogen-bond donors (Lipinski definition) is 1. The third-order valence-corrected chi connectivity index (χ3v) is 4.74. The van der Waals surface area contributed by atoms with Crippen molar-refractivity contribution in [3.05, 3.63) is 27.7 Å². The van der Waals surface area contributed by atoms with E-state index in [2.05, 4.69) is 31.5 Å². The van der Waals surface area contributed by atoms with Crippen LogP contribution in [0.3, 0.4) is 0 Å². The highest BCUT2D eigenvalue weighted by Crippen LogP contribution is 2.29. The van der Waals surface area contributed by atoms with Crippen molar-refractivity contribution in [2.75, 3.05) is 0 Å². The van der Waals surface area contributed by atoms with Crippen LogP contribution in [0.2, 0.25) is 5.02 Å². The summed E-state index contributed by atoms with van der Waals surface area (Å²) in [5.41, 5.74) is -0.194. The fourth-order valence-electron chi connectivity index (χ4n) is 1.81. The number of hydrogen-bond acceptors (Lipinski definition) is 4. The van der Waals surface area contributed by atoms with E-state index < -0.39 is 11.4 Å². The zero-order chi connectivity index (χ0) is 15.6. The molecule has 0 bridgehead atoms. The molecule has 0 aliphatic carbocycles. The summed E-state index contributed by atoms with van der Waals surface area (Å²) in [6, 6.07) is 5.35. The Morgan fingerprint density at radius 3 is 2.81 bits per heavy atom. The lowest BCUT2D eigenvalue weighted by Gasteiger charge is -2.22. The first-order chi connectivity index (χ1) is 9.87. The quantitative estimate of drug-likeness (QED) is 0.870. The Labute approximate surface area is 135 Å². The number of aromatic nitrogens is 4. The normalized spacial score (nSPS) is 13.9. The molecule has 112 valence electrons. The van der Waals surface area contributed by atoms with Crippen molar-refractivity contribution in [1.82, 2.24) is 20.2 Å². The molecule has 21 heavy (non-hydrogen) atoms. The van der Waals surface area contributed by atoms with Gasteiger partial charge in [-0.25, -0.2) is 4.68 Å². The number of nitrogens with zero attached hydrogens (tertiary/aromatic N) is 4. The molecule has 0 amide bonds. The number of halogens is 2. The molecule has 1 atom stereocenters. The molecule has 6 nitrogen and oxygen atoms in total. The van der Waals surface area contributed by atoms with Crippen molar-refractivity contribution in [2.45, 2.75) is 26.8 Å². The zero-order valence-corrected chi connectivity index (χ0v) is 13.9. The minimum absolute atomic E-state index is 0.189. The van der Waals surface area contributed by atoms with E-state index in [1.165, 1.54) is 4.68 Å². The molecule has 0 fully saturated rings. The monoisotopic (exact) mass is 372 g/mol. The molecule has 8 heteroatoms. The Kier molecular flexibility index (Phi) is 4.63. The lowest BCUT2D eigenvalue weighted by Crippen LogP contribution is -2.32. The first-order valence-corrected chi connectivity index (χ1v) is 7.49. The van der Waals surface area contributed by atoms with Gasteiger partial charge in [-0.15, -0.1) is 5.10 Å². The second-order valence-electron chi connectivity index (χ2n) is 5.01. The van der Waals surface area contributed by atoms with Crippen molar-refractivity contribution >= 4 is 33.5 Å². The molecule has 0 radical (unpaired) electrons. The number of carbonyl (C=O) groups is 1. The largest absolute Gasteiger partial charge is 0.481 e. The molecule has 1 heterocycles. The van der Waals surface area contributed by atoms with Gasteiger partial charge in [0.2, 0.25) is 0 Å². The summed E-state index contributed by atoms with van der Waals surface area (Å²) in [7, 11) is 0. The summed E-state index contributed by atoms with van der Waals surface area (Å²) in [5.74, 6) is -0.384. The molecule has 0 aliphatic heterocycles. The van der Waals surface area contributed by atoms with Gasteiger partial charge in [-0.1, -0.05) is 18.5 Å². The average Bonchev–Trinajstić information content (AvgIpc) is 2.89. The number of rotatable bonds is 5. The van der Waals surface area contributed by atoms with Crippen LogP contribution >= 0.6 is 27.5 Å². The van der Waals surface area contributed by atoms with Crippen LogP contribution in [-0.2, 0) is 11.3 Å². The number of aliphatic carboxylic acids is 1. The van der Waals surface area contributed by atoms with Gasteiger partial charge in [0.25, 0.3) is 0 Å². The summed E-state index contributed by atoms with van der Waals surface area (Å²) >= 11 is 9.40. The maximum Gasteiger partial charge on any atom is 0.311 e. The summed E-state index contributed by atoms with van der Waals surface area (Å²) in [6.45, 7) is 3.69. The highest BCUT2D eigenvalue weighted by Gasteiger charge is 2.33. The van der Waals surface area contributed by atoms with Gasteiger partial charge in [0.15, 0.2) is 5.82 Å². The van der Waals surface area contributed by atoms with Crippen LogP contribution in [0.25, 0.3) is 11.4 Å². The van der Waals surface area contributed by atoms with Crippen LogP contribution in [-0.4, -0.2) is 31.3 Å². The minimum Gasteiger partial charge on any atom is -0.481 e. The average molecular weight is 374 g/mol. The van der Waals surface area contributed by atoms with Crippen molar-refractivity contribution < 1.29 is 9.90 Å². The Balaban J connectivity index is 2.39. The van der Waals surface area contributed by atoms with Gasteiger partial charge < -0.3 is 5.11 Å². The van der Waals surface area contributed by atoms with Crippen molar-refractivity contribution in [1.29, 1.82) is 0 Å². The van der Waals surface area contributed by atoms with E-state index in [9.17, 15) is 9.90 Å². The molecule has 0 saturated heterocycles. The first kappa shape index (κ1) is 15.9. The topological polar surface area (TPSA) is 80.9 Å². The van der Waals surface area contributed by atoms with Gasteiger partial charge in [-0.05, 0) is 57.9 Å². The van der Waals surface area contributed by atoms with Gasteiger partial charge in [-0.3, -0.25) is 4.79 Å². The molecule has 0 saturated carbocycles. The predicted octanol–water partition coefficient (Wildman–Crippen LogP) is 3.26. The molecule has 1 N–H and O–H groups in total. The third kappa shape index (κ3) is 3.24. The van der Waals surface area contributed by atoms with Crippen LogP contribution < -0.4 is 0 Å². The van der Waals surface area contributed by atoms with Gasteiger partial charge >= 0.3 is 5.97 Å². The lowest BCUT2D eigenvalue weighted by molar-refractivity contribution is -0.149. The van der Waals surface area contributed by atoms with E-state index in [1.807, 2.05) is 13.0 Å². The van der Waals surface area contributed by atoms with Gasteiger partial charge in [0, 0.05) is 10.0 Å². The van der Waals surface area contributed by atoms with Gasteiger partial charge in [0.1, 0.15) is 0 Å². The maximum absolute atomic E-state index is 11.4. The smallest absolute Gasteiger partial charge is 0.311 e. The third-order valence-electron chi connectivity index (χ3n) is 3.51. The van der Waals surface area contributed by atoms with Crippen molar-refractivity contribution in [2.24, 2.45) is 5.41 Å². The van der Waals surface area contributed by atoms with Crippen molar-refractivity contribution in [3.8, 4) is 11.4 Å². The molecule has 2 rings (SSSR count). The predicted molar refractivity (Wildman–Crippen MR) is 82.0 cm³/mol. The molecule has 1 unspecified atom stereocenters. The van der Waals surface area contributed by atoms with E-state index in [4.69, 9.17) is 11.6 Å². The Hall–Kier alpha value is -1.47. The van der Waals surface area contributed by atoms with Gasteiger partial charge in [0.05, 0.1) is 17.0 Å². The van der Waals surface area contributed by atoms with E-state index in [-0.39, 0.29) is 6.54 Å². The Bertz CT molecular complexity index is 676. The second kappa shape index (κ2) is 6.11. The molecule has 0 spiro atoms. The summed E-state index contributed by atoms with van der Waals surface area (Å²) in [5, 5.41) is 21.4. The Morgan fingerprint density at radius 2 is 2.24 bits per heavy atom. The molecule has 1 aromatic heterocycles. The van der Waals surface area contributed by atoms with Crippen LogP contribution in [0.4, 0.5) is 0 Å². The number of carboxylic acid groups (broad SMARTS) is 1. The van der Waals surface area contributed by atoms with E-state index >= 15 is 0 Å².